The van der Waals surface area contributed by atoms with Crippen molar-refractivity contribution in [1.29, 1.82) is 0 Å². The van der Waals surface area contributed by atoms with Gasteiger partial charge in [0.05, 0.1) is 0 Å². The number of benzene rings is 2. The van der Waals surface area contributed by atoms with E-state index in [1.54, 1.807) is 4.90 Å². The first-order chi connectivity index (χ1) is 14.6. The smallest absolute Gasteiger partial charge is 0.243 e. The molecule has 0 heterocycles. The number of hydrogen-bond acceptors (Lipinski definition) is 2. The zero-order valence-electron chi connectivity index (χ0n) is 17.6. The van der Waals surface area contributed by atoms with E-state index in [2.05, 4.69) is 5.32 Å². The van der Waals surface area contributed by atoms with Gasteiger partial charge in [-0.25, -0.2) is 0 Å². The van der Waals surface area contributed by atoms with E-state index in [4.69, 9.17) is 11.6 Å². The fraction of sp³-hybridized carbons (Fsp3) is 0.440. The van der Waals surface area contributed by atoms with Crippen LogP contribution in [0.4, 0.5) is 0 Å². The lowest BCUT2D eigenvalue weighted by Crippen LogP contribution is -2.52. The van der Waals surface area contributed by atoms with Crippen LogP contribution in [-0.2, 0) is 22.6 Å². The summed E-state index contributed by atoms with van der Waals surface area (Å²) < 4.78 is 0. The largest absolute Gasteiger partial charge is 0.352 e. The summed E-state index contributed by atoms with van der Waals surface area (Å²) in [5.41, 5.74) is 1.98. The highest BCUT2D eigenvalue weighted by molar-refractivity contribution is 6.30. The molecule has 0 spiro atoms. The third-order valence-electron chi connectivity index (χ3n) is 5.68. The second-order valence-corrected chi connectivity index (χ2v) is 8.53. The van der Waals surface area contributed by atoms with Gasteiger partial charge in [0.25, 0.3) is 0 Å². The molecule has 0 aromatic heterocycles. The topological polar surface area (TPSA) is 49.4 Å². The van der Waals surface area contributed by atoms with Gasteiger partial charge in [0.2, 0.25) is 11.8 Å². The molecule has 1 saturated carbocycles. The minimum atomic E-state index is -0.550. The lowest BCUT2D eigenvalue weighted by atomic mass is 10.0. The number of hydrogen-bond donors (Lipinski definition) is 1. The van der Waals surface area contributed by atoms with Crippen LogP contribution in [0.2, 0.25) is 5.02 Å². The number of nitrogens with zero attached hydrogens (tertiary/aromatic N) is 1. The molecule has 1 fully saturated rings. The Morgan fingerprint density at radius 2 is 1.77 bits per heavy atom. The summed E-state index contributed by atoms with van der Waals surface area (Å²) in [5, 5.41) is 3.84. The van der Waals surface area contributed by atoms with Crippen molar-refractivity contribution in [3.8, 4) is 0 Å². The lowest BCUT2D eigenvalue weighted by Gasteiger charge is -2.32. The van der Waals surface area contributed by atoms with Gasteiger partial charge in [-0.15, -0.1) is 0 Å². The molecule has 5 heteroatoms. The molecular weight excluding hydrogens is 396 g/mol. The lowest BCUT2D eigenvalue weighted by molar-refractivity contribution is -0.141. The minimum absolute atomic E-state index is 0.0000198. The van der Waals surface area contributed by atoms with Crippen LogP contribution < -0.4 is 5.32 Å². The molecule has 3 rings (SSSR count). The molecule has 0 unspecified atom stereocenters. The maximum Gasteiger partial charge on any atom is 0.243 e. The van der Waals surface area contributed by atoms with E-state index in [1.165, 1.54) is 0 Å². The normalized spacial score (nSPS) is 15.0. The number of rotatable bonds is 9. The van der Waals surface area contributed by atoms with Crippen molar-refractivity contribution >= 4 is 23.4 Å². The molecule has 2 aromatic carbocycles. The van der Waals surface area contributed by atoms with Gasteiger partial charge in [-0.1, -0.05) is 73.8 Å². The van der Waals surface area contributed by atoms with E-state index in [-0.39, 0.29) is 17.9 Å². The molecule has 30 heavy (non-hydrogen) atoms. The SMILES string of the molecule is CCCC(=O)N(Cc1cccc(Cl)c1)[C@H](Cc1ccccc1)C(=O)NC1CCCC1. The van der Waals surface area contributed by atoms with Crippen molar-refractivity contribution in [3.63, 3.8) is 0 Å². The van der Waals surface area contributed by atoms with Crippen LogP contribution >= 0.6 is 11.6 Å². The minimum Gasteiger partial charge on any atom is -0.352 e. The van der Waals surface area contributed by atoms with E-state index in [9.17, 15) is 9.59 Å². The first-order valence-corrected chi connectivity index (χ1v) is 11.3. The Bertz CT molecular complexity index is 834. The fourth-order valence-corrected chi connectivity index (χ4v) is 4.32. The Morgan fingerprint density at radius 1 is 1.07 bits per heavy atom. The predicted octanol–water partition coefficient (Wildman–Crippen LogP) is 5.14. The van der Waals surface area contributed by atoms with E-state index in [1.807, 2.05) is 61.5 Å². The molecule has 0 radical (unpaired) electrons. The van der Waals surface area contributed by atoms with Crippen LogP contribution in [0.15, 0.2) is 54.6 Å². The maximum atomic E-state index is 13.4. The number of amides is 2. The average Bonchev–Trinajstić information content (AvgIpc) is 3.24. The van der Waals surface area contributed by atoms with Crippen LogP contribution in [0, 0.1) is 0 Å². The van der Waals surface area contributed by atoms with Gasteiger partial charge in [-0.05, 0) is 42.5 Å². The third kappa shape index (κ3) is 6.33. The molecule has 1 N–H and O–H groups in total. The summed E-state index contributed by atoms with van der Waals surface area (Å²) >= 11 is 6.17. The molecule has 160 valence electrons. The summed E-state index contributed by atoms with van der Waals surface area (Å²) in [4.78, 5) is 28.2. The highest BCUT2D eigenvalue weighted by Gasteiger charge is 2.31. The van der Waals surface area contributed by atoms with Crippen molar-refractivity contribution in [1.82, 2.24) is 10.2 Å². The highest BCUT2D eigenvalue weighted by atomic mass is 35.5. The first kappa shape index (κ1) is 22.4. The summed E-state index contributed by atoms with van der Waals surface area (Å²) in [6, 6.07) is 17.1. The maximum absolute atomic E-state index is 13.4. The molecule has 4 nitrogen and oxygen atoms in total. The van der Waals surface area contributed by atoms with E-state index in [0.717, 1.165) is 43.2 Å². The Hall–Kier alpha value is -2.33. The first-order valence-electron chi connectivity index (χ1n) is 10.9. The van der Waals surface area contributed by atoms with Gasteiger partial charge in [-0.2, -0.15) is 0 Å². The molecule has 2 aromatic rings. The van der Waals surface area contributed by atoms with Crippen molar-refractivity contribution in [2.75, 3.05) is 0 Å². The van der Waals surface area contributed by atoms with Crippen LogP contribution in [0.3, 0.4) is 0 Å². The Labute approximate surface area is 184 Å². The number of halogens is 1. The van der Waals surface area contributed by atoms with E-state index >= 15 is 0 Å². The summed E-state index contributed by atoms with van der Waals surface area (Å²) in [6.45, 7) is 2.36. The fourth-order valence-electron chi connectivity index (χ4n) is 4.11. The number of carbonyl (C=O) groups excluding carboxylic acids is 2. The molecule has 1 aliphatic carbocycles. The highest BCUT2D eigenvalue weighted by Crippen LogP contribution is 2.21. The van der Waals surface area contributed by atoms with Crippen LogP contribution in [0.25, 0.3) is 0 Å². The number of carbonyl (C=O) groups is 2. The summed E-state index contributed by atoms with van der Waals surface area (Å²) in [6.07, 6.45) is 5.98. The molecule has 1 atom stereocenters. The molecule has 0 aliphatic heterocycles. The quantitative estimate of drug-likeness (QED) is 0.603. The number of nitrogens with one attached hydrogen (secondary N) is 1. The van der Waals surface area contributed by atoms with Crippen molar-refractivity contribution < 1.29 is 9.59 Å². The van der Waals surface area contributed by atoms with Crippen LogP contribution in [0.5, 0.6) is 0 Å². The van der Waals surface area contributed by atoms with Crippen molar-refractivity contribution in [2.24, 2.45) is 0 Å². The van der Waals surface area contributed by atoms with Crippen molar-refractivity contribution in [2.45, 2.75) is 70.5 Å². The van der Waals surface area contributed by atoms with Crippen molar-refractivity contribution in [3.05, 3.63) is 70.7 Å². The van der Waals surface area contributed by atoms with Gasteiger partial charge >= 0.3 is 0 Å². The molecule has 0 saturated heterocycles. The van der Waals surface area contributed by atoms with Crippen LogP contribution in [0.1, 0.15) is 56.6 Å². The van der Waals surface area contributed by atoms with Gasteiger partial charge in [0.15, 0.2) is 0 Å². The Kier molecular flexibility index (Phi) is 8.32. The zero-order chi connectivity index (χ0) is 21.3. The van der Waals surface area contributed by atoms with Gasteiger partial charge in [0, 0.05) is 30.5 Å². The Morgan fingerprint density at radius 3 is 2.43 bits per heavy atom. The monoisotopic (exact) mass is 426 g/mol. The van der Waals surface area contributed by atoms with E-state index < -0.39 is 6.04 Å². The predicted molar refractivity (Wildman–Crippen MR) is 121 cm³/mol. The van der Waals surface area contributed by atoms with E-state index in [0.29, 0.717) is 24.4 Å². The average molecular weight is 427 g/mol. The second kappa shape index (κ2) is 11.2. The zero-order valence-corrected chi connectivity index (χ0v) is 18.4. The second-order valence-electron chi connectivity index (χ2n) is 8.10. The molecule has 0 bridgehead atoms. The third-order valence-corrected chi connectivity index (χ3v) is 5.91. The molecule has 2 amide bonds. The van der Waals surface area contributed by atoms with Crippen LogP contribution in [-0.4, -0.2) is 28.8 Å². The Balaban J connectivity index is 1.88. The summed E-state index contributed by atoms with van der Waals surface area (Å²) in [7, 11) is 0. The van der Waals surface area contributed by atoms with Gasteiger partial charge in [0.1, 0.15) is 6.04 Å². The molecular formula is C25H31ClN2O2. The van der Waals surface area contributed by atoms with Gasteiger partial charge in [-0.3, -0.25) is 9.59 Å². The summed E-state index contributed by atoms with van der Waals surface area (Å²) in [5.74, 6) is -0.0581. The molecule has 1 aliphatic rings. The van der Waals surface area contributed by atoms with Gasteiger partial charge < -0.3 is 10.2 Å². The standard InChI is InChI=1S/C25H31ClN2O2/c1-2-9-24(29)28(18-20-12-8-13-21(26)16-20)23(17-19-10-4-3-5-11-19)25(30)27-22-14-6-7-15-22/h3-5,8,10-13,16,22-23H,2,6-7,9,14-15,17-18H2,1H3,(H,27,30)/t23-/m1/s1.